The van der Waals surface area contributed by atoms with Crippen molar-refractivity contribution >= 4 is 0 Å². The lowest BCUT2D eigenvalue weighted by Gasteiger charge is -2.53. The van der Waals surface area contributed by atoms with Crippen LogP contribution in [0.2, 0.25) is 0 Å². The van der Waals surface area contributed by atoms with Gasteiger partial charge < -0.3 is 28.8 Å². The molecule has 3 fully saturated rings. The van der Waals surface area contributed by atoms with Crippen molar-refractivity contribution in [3.05, 3.63) is 0 Å². The first-order valence-corrected chi connectivity index (χ1v) is 53.5. The van der Waals surface area contributed by atoms with Crippen LogP contribution >= 0.6 is 0 Å². The Morgan fingerprint density at radius 3 is 0.922 bits per heavy atom. The maximum Gasteiger partial charge on any atom is 0.0924 e. The highest BCUT2D eigenvalue weighted by Gasteiger charge is 2.54. The molecule has 3 aliphatic rings. The van der Waals surface area contributed by atoms with Crippen LogP contribution in [0.3, 0.4) is 0 Å². The topological polar surface area (TPSA) is 69.7 Å². The molecule has 1 N–H and O–H groups in total. The molecule has 0 aromatic carbocycles. The number of rotatable bonds is 82. The predicted molar refractivity (Wildman–Crippen MR) is 512 cm³/mol. The van der Waals surface area contributed by atoms with Gasteiger partial charge in [-0.2, -0.15) is 0 Å². The van der Waals surface area contributed by atoms with E-state index in [1.165, 1.54) is 347 Å². The average Bonchev–Trinajstić information content (AvgIpc) is 1.12. The van der Waals surface area contributed by atoms with Gasteiger partial charge in [-0.05, 0) is 169 Å². The lowest BCUT2D eigenvalue weighted by atomic mass is 9.78. The number of epoxide rings is 1. The van der Waals surface area contributed by atoms with Gasteiger partial charge in [0.25, 0.3) is 0 Å². The molecule has 3 aliphatic heterocycles. The molecule has 18 atom stereocenters. The highest BCUT2D eigenvalue weighted by Crippen LogP contribution is 2.48. The molecule has 0 spiro atoms. The molecule has 0 bridgehead atoms. The third-order valence-corrected chi connectivity index (χ3v) is 30.0. The molecule has 3 rings (SSSR count). The van der Waals surface area contributed by atoms with Gasteiger partial charge in [0.15, 0.2) is 0 Å². The standard InChI is InChI=1S/C110H216O6/c1-22-23-24-25-40-43-78-101-102(113-101)79-44-41-38-36-34-32-30-28-26-27-29-31-33-35-37-39-42-45-88-112-104-81-83-106(115-108(104,19)85-55-75-98(15)71-51-67-94(11)63-47-59-90(4)5)110(21,87-57-77-100(17)73-53-69-96(13)65-49-61-92(8)9)116-109(20,86-56-76-99(16)72-52-68-95(12)64-48-60-91(6)7)105-82-80-103(114-105)107(18,111)84-54-74-97(14)70-50-66-93(10)62-46-58-89(2)3/h89-106,111H,22-88H2,1-21H3/t93-,94-,95-,96-,97-,98-,99-,100-,101-,102-,103-,104-,105-,106+,107+,108+,109+,110+/m1/s1. The predicted octanol–water partition coefficient (Wildman–Crippen LogP) is 35.8. The summed E-state index contributed by atoms with van der Waals surface area (Å²) >= 11 is 0. The van der Waals surface area contributed by atoms with Crippen LogP contribution < -0.4 is 0 Å². The summed E-state index contributed by atoms with van der Waals surface area (Å²) in [6.07, 6.45) is 86.5. The number of unbranched alkanes of at least 4 members (excludes halogenated alkanes) is 22. The molecule has 0 aromatic rings. The summed E-state index contributed by atoms with van der Waals surface area (Å²) in [5, 5.41) is 12.6. The second-order valence-electron chi connectivity index (χ2n) is 45.0. The third-order valence-electron chi connectivity index (χ3n) is 30.0. The van der Waals surface area contributed by atoms with Gasteiger partial charge in [0.05, 0.1) is 59.0 Å². The first-order valence-electron chi connectivity index (χ1n) is 53.5. The van der Waals surface area contributed by atoms with Crippen molar-refractivity contribution in [1.29, 1.82) is 0 Å². The Morgan fingerprint density at radius 2 is 0.578 bits per heavy atom. The Labute approximate surface area is 730 Å². The van der Waals surface area contributed by atoms with Gasteiger partial charge in [-0.25, -0.2) is 0 Å². The molecular formula is C110H216O6. The minimum absolute atomic E-state index is 0.0454. The van der Waals surface area contributed by atoms with Crippen LogP contribution in [0.5, 0.6) is 0 Å². The van der Waals surface area contributed by atoms with Crippen molar-refractivity contribution < 1.29 is 28.8 Å². The van der Waals surface area contributed by atoms with Gasteiger partial charge in [-0.1, -0.05) is 471 Å². The highest BCUT2D eigenvalue weighted by atomic mass is 16.6. The zero-order valence-corrected chi connectivity index (χ0v) is 83.3. The van der Waals surface area contributed by atoms with Gasteiger partial charge in [0.1, 0.15) is 0 Å². The Bertz CT molecular complexity index is 2190. The van der Waals surface area contributed by atoms with Crippen LogP contribution in [0, 0.1) is 71.0 Å². The molecule has 6 nitrogen and oxygen atoms in total. The van der Waals surface area contributed by atoms with E-state index < -0.39 is 22.4 Å². The number of ether oxygens (including phenoxy) is 5. The molecule has 116 heavy (non-hydrogen) atoms. The molecule has 0 aliphatic carbocycles. The Balaban J connectivity index is 1.75. The summed E-state index contributed by atoms with van der Waals surface area (Å²) in [5.41, 5.74) is -2.31. The van der Waals surface area contributed by atoms with E-state index in [2.05, 4.69) is 145 Å². The lowest BCUT2D eigenvalue weighted by Crippen LogP contribution is -2.60. The fourth-order valence-corrected chi connectivity index (χ4v) is 21.2. The molecule has 0 aromatic heterocycles. The molecular weight excluding hydrogens is 1420 g/mol. The Morgan fingerprint density at radius 1 is 0.302 bits per heavy atom. The summed E-state index contributed by atoms with van der Waals surface area (Å²) in [6.45, 7) is 51.8. The molecule has 0 radical (unpaired) electrons. The smallest absolute Gasteiger partial charge is 0.0924 e. The van der Waals surface area contributed by atoms with Crippen molar-refractivity contribution in [1.82, 2.24) is 0 Å². The molecule has 3 saturated heterocycles. The van der Waals surface area contributed by atoms with Crippen molar-refractivity contribution in [2.75, 3.05) is 6.61 Å². The maximum absolute atomic E-state index is 12.6. The van der Waals surface area contributed by atoms with Crippen LogP contribution in [0.4, 0.5) is 0 Å². The summed E-state index contributed by atoms with van der Waals surface area (Å²) in [5.74, 6) is 9.28. The van der Waals surface area contributed by atoms with Gasteiger partial charge in [-0.15, -0.1) is 0 Å². The van der Waals surface area contributed by atoms with Gasteiger partial charge in [0.2, 0.25) is 0 Å². The molecule has 6 heteroatoms. The zero-order valence-electron chi connectivity index (χ0n) is 83.3. The first kappa shape index (κ1) is 110. The SMILES string of the molecule is CCCCCCCC[C@H]1O[C@@H]1CCCCCCCCCCCCCCCCCCCCO[C@@H]1CC[C@@H]([C@](C)(CCC[C@H](C)CCC[C@H](C)CCCC(C)C)O[C@@](C)(CCC[C@H](C)CCC[C@H](C)CCCC(C)C)[C@H]2CC[C@H]([C@@](C)(O)CCC[C@H](C)CCC[C@H](C)CCCC(C)C)O2)O[C@@]1(C)CCC[C@H](C)CCC[C@H](C)CCCC(C)C. The van der Waals surface area contributed by atoms with Gasteiger partial charge in [-0.3, -0.25) is 0 Å². The van der Waals surface area contributed by atoms with E-state index >= 15 is 0 Å². The van der Waals surface area contributed by atoms with E-state index in [0.717, 1.165) is 131 Å². The van der Waals surface area contributed by atoms with E-state index in [1.807, 2.05) is 0 Å². The maximum atomic E-state index is 12.6. The van der Waals surface area contributed by atoms with Crippen LogP contribution in [0.25, 0.3) is 0 Å². The summed E-state index contributed by atoms with van der Waals surface area (Å²) < 4.78 is 37.1. The molecule has 3 heterocycles. The highest BCUT2D eigenvalue weighted by molar-refractivity contribution is 5.02. The summed E-state index contributed by atoms with van der Waals surface area (Å²) in [6, 6.07) is 0. The summed E-state index contributed by atoms with van der Waals surface area (Å²) in [7, 11) is 0. The van der Waals surface area contributed by atoms with Crippen LogP contribution in [-0.4, -0.2) is 70.7 Å². The van der Waals surface area contributed by atoms with Crippen molar-refractivity contribution in [2.24, 2.45) is 71.0 Å². The molecule has 0 saturated carbocycles. The van der Waals surface area contributed by atoms with Crippen molar-refractivity contribution in [3.63, 3.8) is 0 Å². The van der Waals surface area contributed by atoms with E-state index in [1.54, 1.807) is 0 Å². The molecule has 692 valence electrons. The van der Waals surface area contributed by atoms with Crippen molar-refractivity contribution in [2.45, 2.75) is 628 Å². The van der Waals surface area contributed by atoms with Crippen LogP contribution in [0.1, 0.15) is 569 Å². The third kappa shape index (κ3) is 54.6. The number of hydrogen-bond acceptors (Lipinski definition) is 6. The second kappa shape index (κ2) is 66.2. The molecule has 0 unspecified atom stereocenters. The van der Waals surface area contributed by atoms with Crippen molar-refractivity contribution in [3.8, 4) is 0 Å². The quantitative estimate of drug-likeness (QED) is 0.0483. The van der Waals surface area contributed by atoms with E-state index in [0.29, 0.717) is 35.9 Å². The zero-order chi connectivity index (χ0) is 85.3. The van der Waals surface area contributed by atoms with E-state index in [4.69, 9.17) is 23.7 Å². The fraction of sp³-hybridized carbons (Fsp3) is 1.00. The van der Waals surface area contributed by atoms with E-state index in [-0.39, 0.29) is 24.4 Å². The second-order valence-corrected chi connectivity index (χ2v) is 45.0. The Hall–Kier alpha value is -0.240. The average molecular weight is 1630 g/mol. The minimum Gasteiger partial charge on any atom is -0.387 e. The number of hydrogen-bond donors (Lipinski definition) is 1. The van der Waals surface area contributed by atoms with Gasteiger partial charge in [0, 0.05) is 6.61 Å². The van der Waals surface area contributed by atoms with Crippen LogP contribution in [0.15, 0.2) is 0 Å². The normalized spacial score (nSPS) is 23.1. The minimum atomic E-state index is -0.874. The number of aliphatic hydroxyl groups is 1. The van der Waals surface area contributed by atoms with E-state index in [9.17, 15) is 5.11 Å². The Kier molecular flexibility index (Phi) is 62.8. The first-order chi connectivity index (χ1) is 55.5. The fourth-order valence-electron chi connectivity index (χ4n) is 21.2. The molecule has 0 amide bonds. The monoisotopic (exact) mass is 1630 g/mol. The summed E-state index contributed by atoms with van der Waals surface area (Å²) in [4.78, 5) is 0. The largest absolute Gasteiger partial charge is 0.387 e. The van der Waals surface area contributed by atoms with Crippen LogP contribution in [-0.2, 0) is 23.7 Å². The lowest BCUT2D eigenvalue weighted by molar-refractivity contribution is -0.287. The van der Waals surface area contributed by atoms with Gasteiger partial charge >= 0.3 is 0 Å².